The molecule has 11 nitrogen and oxygen atoms in total. The lowest BCUT2D eigenvalue weighted by Crippen LogP contribution is -2.59. The third-order valence-corrected chi connectivity index (χ3v) is 13.6. The molecule has 0 radical (unpaired) electrons. The van der Waals surface area contributed by atoms with Gasteiger partial charge in [-0.05, 0) is 123 Å². The summed E-state index contributed by atoms with van der Waals surface area (Å²) in [5.74, 6) is 1.38. The van der Waals surface area contributed by atoms with Crippen LogP contribution in [0, 0.1) is 27.2 Å². The summed E-state index contributed by atoms with van der Waals surface area (Å²) in [6.45, 7) is 11.5. The molecule has 4 aliphatic rings. The maximum absolute atomic E-state index is 11.8. The molecule has 4 aliphatic heterocycles. The summed E-state index contributed by atoms with van der Waals surface area (Å²) < 4.78 is 21.8. The zero-order chi connectivity index (χ0) is 41.8. The monoisotopic (exact) mass is 918 g/mol. The van der Waals surface area contributed by atoms with Gasteiger partial charge in [-0.2, -0.15) is 0 Å². The first-order valence-electron chi connectivity index (χ1n) is 19.1. The van der Waals surface area contributed by atoms with Crippen molar-refractivity contribution >= 4 is 66.8 Å². The van der Waals surface area contributed by atoms with Crippen molar-refractivity contribution in [2.75, 3.05) is 16.9 Å². The molecule has 13 heteroatoms. The van der Waals surface area contributed by atoms with Crippen LogP contribution in [0.25, 0.3) is 12.2 Å². The van der Waals surface area contributed by atoms with Gasteiger partial charge in [0.25, 0.3) is 11.4 Å². The maximum atomic E-state index is 11.8. The Bertz CT molecular complexity index is 2700. The Labute approximate surface area is 358 Å². The molecule has 0 aromatic heterocycles. The first-order valence-corrected chi connectivity index (χ1v) is 20.7. The average molecular weight is 921 g/mol. The number of hydrogen-bond donors (Lipinski definition) is 0. The van der Waals surface area contributed by atoms with Gasteiger partial charge in [-0.15, -0.1) is 0 Å². The van der Waals surface area contributed by atoms with E-state index >= 15 is 0 Å². The van der Waals surface area contributed by atoms with Gasteiger partial charge in [-0.1, -0.05) is 56.1 Å². The van der Waals surface area contributed by atoms with Gasteiger partial charge in [0.1, 0.15) is 5.75 Å². The van der Waals surface area contributed by atoms with Crippen molar-refractivity contribution in [1.82, 2.24) is 0 Å². The van der Waals surface area contributed by atoms with E-state index in [1.807, 2.05) is 43.4 Å². The predicted octanol–water partition coefficient (Wildman–Crippen LogP) is 11.5. The van der Waals surface area contributed by atoms with E-state index in [2.05, 4.69) is 118 Å². The van der Waals surface area contributed by atoms with E-state index in [4.69, 9.17) is 14.2 Å². The standard InChI is InChI=1S/C46H40Br2N4O7/c1-27-19-34(51(53)54)20-30-15-17-45(58-41(27)30)43(2,3)36-22-32(47)11-13-38(36)49(45)25-28-7-9-29(10-8-28)26-50-39-14-12-33(48)23-37(39)44(4,5)46(50)18-16-31-21-35(52(55)56)24-40(57-6)42(31)59-46/h7-24H,25-26H2,1-6H3. The number of non-ortho nitro benzene ring substituents is 2. The van der Waals surface area contributed by atoms with Gasteiger partial charge in [0.15, 0.2) is 11.5 Å². The Hall–Kier alpha value is -5.66. The molecule has 5 aromatic carbocycles. The minimum absolute atomic E-state index is 0.0296. The second-order valence-electron chi connectivity index (χ2n) is 16.6. The number of anilines is 2. The molecular weight excluding hydrogens is 880 g/mol. The van der Waals surface area contributed by atoms with Crippen molar-refractivity contribution in [3.05, 3.63) is 165 Å². The molecule has 59 heavy (non-hydrogen) atoms. The van der Waals surface area contributed by atoms with Crippen LogP contribution in [0.5, 0.6) is 17.2 Å². The number of benzene rings is 5. The third kappa shape index (κ3) is 5.72. The molecule has 2 spiro atoms. The fourth-order valence-corrected chi connectivity index (χ4v) is 10.1. The highest BCUT2D eigenvalue weighted by molar-refractivity contribution is 9.10. The Kier molecular flexibility index (Phi) is 8.84. The lowest BCUT2D eigenvalue weighted by Gasteiger charge is -2.47. The molecule has 9 rings (SSSR count). The smallest absolute Gasteiger partial charge is 0.274 e. The number of rotatable bonds is 7. The molecule has 0 saturated heterocycles. The van der Waals surface area contributed by atoms with Crippen LogP contribution in [0.3, 0.4) is 0 Å². The molecule has 0 saturated carbocycles. The maximum Gasteiger partial charge on any atom is 0.274 e. The predicted molar refractivity (Wildman–Crippen MR) is 235 cm³/mol. The fraction of sp³-hybridized carbons (Fsp3) is 0.261. The average Bonchev–Trinajstić information content (AvgIpc) is 3.48. The van der Waals surface area contributed by atoms with Crippen LogP contribution < -0.4 is 24.0 Å². The topological polar surface area (TPSA) is 120 Å². The number of halogens is 2. The van der Waals surface area contributed by atoms with E-state index in [0.29, 0.717) is 47.0 Å². The van der Waals surface area contributed by atoms with Crippen molar-refractivity contribution in [1.29, 1.82) is 0 Å². The van der Waals surface area contributed by atoms with E-state index in [1.54, 1.807) is 12.1 Å². The van der Waals surface area contributed by atoms with Gasteiger partial charge in [0.05, 0.1) is 33.9 Å². The Morgan fingerprint density at radius 1 is 0.644 bits per heavy atom. The van der Waals surface area contributed by atoms with E-state index in [1.165, 1.54) is 19.2 Å². The van der Waals surface area contributed by atoms with Crippen molar-refractivity contribution in [2.24, 2.45) is 0 Å². The van der Waals surface area contributed by atoms with Gasteiger partial charge >= 0.3 is 0 Å². The number of methoxy groups -OCH3 is 1. The minimum atomic E-state index is -1.00. The molecule has 0 N–H and O–H groups in total. The van der Waals surface area contributed by atoms with Gasteiger partial charge in [-0.25, -0.2) is 0 Å². The number of nitro groups is 2. The number of hydrogen-bond acceptors (Lipinski definition) is 9. The molecule has 0 amide bonds. The van der Waals surface area contributed by atoms with Crippen LogP contribution in [0.15, 0.2) is 106 Å². The summed E-state index contributed by atoms with van der Waals surface area (Å²) in [4.78, 5) is 27.2. The molecule has 2 unspecified atom stereocenters. The van der Waals surface area contributed by atoms with E-state index in [-0.39, 0.29) is 16.3 Å². The van der Waals surface area contributed by atoms with Crippen molar-refractivity contribution in [3.8, 4) is 17.2 Å². The zero-order valence-corrected chi connectivity index (χ0v) is 36.4. The van der Waals surface area contributed by atoms with Gasteiger partial charge in [-0.3, -0.25) is 20.2 Å². The van der Waals surface area contributed by atoms with E-state index in [9.17, 15) is 20.2 Å². The van der Waals surface area contributed by atoms with Crippen LogP contribution in [0.4, 0.5) is 22.7 Å². The summed E-state index contributed by atoms with van der Waals surface area (Å²) >= 11 is 7.39. The van der Waals surface area contributed by atoms with Crippen LogP contribution in [0.1, 0.15) is 66.6 Å². The van der Waals surface area contributed by atoms with Crippen molar-refractivity contribution in [3.63, 3.8) is 0 Å². The number of nitrogens with zero attached hydrogens (tertiary/aromatic N) is 4. The molecule has 0 bridgehead atoms. The number of fused-ring (bicyclic) bond motifs is 4. The summed E-state index contributed by atoms with van der Waals surface area (Å²) in [6.07, 6.45) is 7.92. The lowest BCUT2D eigenvalue weighted by atomic mass is 9.76. The highest BCUT2D eigenvalue weighted by Crippen LogP contribution is 2.59. The summed E-state index contributed by atoms with van der Waals surface area (Å²) in [5.41, 5.74) is 5.28. The highest BCUT2D eigenvalue weighted by Gasteiger charge is 2.60. The van der Waals surface area contributed by atoms with Crippen molar-refractivity contribution in [2.45, 2.75) is 70.0 Å². The summed E-state index contributed by atoms with van der Waals surface area (Å²) in [5, 5.41) is 23.5. The summed E-state index contributed by atoms with van der Waals surface area (Å²) in [6, 6.07) is 27.2. The molecule has 2 atom stereocenters. The first-order chi connectivity index (χ1) is 28.0. The fourth-order valence-electron chi connectivity index (χ4n) is 9.42. The second-order valence-corrected chi connectivity index (χ2v) is 18.4. The summed E-state index contributed by atoms with van der Waals surface area (Å²) in [7, 11) is 1.49. The van der Waals surface area contributed by atoms with E-state index < -0.39 is 27.2 Å². The quantitative estimate of drug-likeness (QED) is 0.116. The van der Waals surface area contributed by atoms with Gasteiger partial charge in [0.2, 0.25) is 11.4 Å². The SMILES string of the molecule is COc1cc([N+](=O)[O-])cc2c1OC1(C=C2)N(Cc2ccc(CN3c4ccc(Br)cc4C(C)(C)C34C=Cc3cc([N+](=O)[O-])cc(C)c3O4)cc2)c2ccc(Br)cc2C1(C)C. The highest BCUT2D eigenvalue weighted by atomic mass is 79.9. The molecule has 300 valence electrons. The number of aryl methyl sites for hydroxylation is 1. The number of nitro benzene ring substituents is 2. The Morgan fingerprint density at radius 3 is 1.54 bits per heavy atom. The molecule has 0 aliphatic carbocycles. The molecule has 0 fully saturated rings. The number of ether oxygens (including phenoxy) is 3. The van der Waals surface area contributed by atoms with Crippen LogP contribution >= 0.6 is 31.9 Å². The minimum Gasteiger partial charge on any atom is -0.493 e. The van der Waals surface area contributed by atoms with Crippen LogP contribution in [-0.4, -0.2) is 28.4 Å². The van der Waals surface area contributed by atoms with Gasteiger partial charge in [0, 0.05) is 62.7 Å². The second kappa shape index (κ2) is 13.4. The third-order valence-electron chi connectivity index (χ3n) is 12.6. The lowest BCUT2D eigenvalue weighted by molar-refractivity contribution is -0.385. The molecule has 4 heterocycles. The van der Waals surface area contributed by atoms with Crippen molar-refractivity contribution < 1.29 is 24.1 Å². The Morgan fingerprint density at radius 2 is 1.08 bits per heavy atom. The Balaban J connectivity index is 1.07. The van der Waals surface area contributed by atoms with Crippen LogP contribution in [0.2, 0.25) is 0 Å². The largest absolute Gasteiger partial charge is 0.493 e. The normalized spacial score (nSPS) is 21.1. The zero-order valence-electron chi connectivity index (χ0n) is 33.2. The first kappa shape index (κ1) is 38.8. The molecular formula is C46H40Br2N4O7. The van der Waals surface area contributed by atoms with E-state index in [0.717, 1.165) is 42.6 Å². The van der Waals surface area contributed by atoms with Gasteiger partial charge < -0.3 is 24.0 Å². The van der Waals surface area contributed by atoms with Crippen LogP contribution in [-0.2, 0) is 23.9 Å². The molecule has 5 aromatic rings.